The molecule has 0 spiro atoms. The van der Waals surface area contributed by atoms with Gasteiger partial charge < -0.3 is 5.32 Å². The highest BCUT2D eigenvalue weighted by atomic mass is 127. The second-order valence-electron chi connectivity index (χ2n) is 5.39. The Morgan fingerprint density at radius 1 is 1.16 bits per heavy atom. The van der Waals surface area contributed by atoms with Crippen LogP contribution in [0.4, 0.5) is 5.69 Å². The number of carbonyl (C=O) groups is 1. The maximum atomic E-state index is 12.3. The van der Waals surface area contributed by atoms with Crippen molar-refractivity contribution in [2.24, 2.45) is 0 Å². The Kier molecular flexibility index (Phi) is 4.22. The fourth-order valence-electron chi connectivity index (χ4n) is 2.36. The third-order valence-corrected chi connectivity index (χ3v) is 5.24. The fourth-order valence-corrected chi connectivity index (χ4v) is 3.79. The van der Waals surface area contributed by atoms with E-state index in [2.05, 4.69) is 43.2 Å². The molecule has 0 saturated heterocycles. The van der Waals surface area contributed by atoms with Gasteiger partial charge in [0.2, 0.25) is 4.96 Å². The number of aryl methyl sites for hydroxylation is 1. The van der Waals surface area contributed by atoms with Crippen molar-refractivity contribution in [1.82, 2.24) is 19.8 Å². The first kappa shape index (κ1) is 16.2. The molecule has 0 atom stereocenters. The van der Waals surface area contributed by atoms with Crippen molar-refractivity contribution >= 4 is 50.5 Å². The van der Waals surface area contributed by atoms with Gasteiger partial charge in [-0.05, 0) is 72.0 Å². The highest BCUT2D eigenvalue weighted by Crippen LogP contribution is 2.26. The van der Waals surface area contributed by atoms with Crippen LogP contribution in [0.3, 0.4) is 0 Å². The lowest BCUT2D eigenvalue weighted by Gasteiger charge is -2.06. The summed E-state index contributed by atoms with van der Waals surface area (Å²) in [6.45, 7) is 1.87. The lowest BCUT2D eigenvalue weighted by atomic mass is 10.2. The van der Waals surface area contributed by atoms with Gasteiger partial charge in [-0.2, -0.15) is 9.61 Å². The van der Waals surface area contributed by atoms with Crippen LogP contribution >= 0.6 is 33.9 Å². The van der Waals surface area contributed by atoms with Crippen LogP contribution in [-0.4, -0.2) is 25.7 Å². The number of benzene rings is 2. The maximum Gasteiger partial charge on any atom is 0.255 e. The lowest BCUT2D eigenvalue weighted by molar-refractivity contribution is 0.102. The molecule has 2 aromatic carbocycles. The highest BCUT2D eigenvalue weighted by molar-refractivity contribution is 14.1. The zero-order valence-corrected chi connectivity index (χ0v) is 16.1. The summed E-state index contributed by atoms with van der Waals surface area (Å²) in [5.41, 5.74) is 2.36. The number of anilines is 1. The lowest BCUT2D eigenvalue weighted by Crippen LogP contribution is -2.11. The number of rotatable bonds is 3. The number of nitrogens with one attached hydrogen (secondary N) is 1. The summed E-state index contributed by atoms with van der Waals surface area (Å²) in [6.07, 6.45) is 0. The van der Waals surface area contributed by atoms with E-state index in [-0.39, 0.29) is 5.91 Å². The van der Waals surface area contributed by atoms with Gasteiger partial charge in [-0.25, -0.2) is 0 Å². The van der Waals surface area contributed by atoms with Gasteiger partial charge in [0.05, 0.1) is 0 Å². The first-order valence-electron chi connectivity index (χ1n) is 7.46. The van der Waals surface area contributed by atoms with Crippen molar-refractivity contribution in [3.8, 4) is 10.6 Å². The van der Waals surface area contributed by atoms with E-state index in [0.29, 0.717) is 5.56 Å². The molecule has 0 fully saturated rings. The monoisotopic (exact) mass is 461 g/mol. The first-order chi connectivity index (χ1) is 12.1. The maximum absolute atomic E-state index is 12.3. The second kappa shape index (κ2) is 6.52. The Bertz CT molecular complexity index is 1070. The third-order valence-electron chi connectivity index (χ3n) is 3.62. The predicted octanol–water partition coefficient (Wildman–Crippen LogP) is 4.02. The molecule has 4 aromatic rings. The smallest absolute Gasteiger partial charge is 0.255 e. The van der Waals surface area contributed by atoms with Crippen LogP contribution < -0.4 is 5.32 Å². The van der Waals surface area contributed by atoms with Gasteiger partial charge in [0.15, 0.2) is 5.82 Å². The van der Waals surface area contributed by atoms with Crippen molar-refractivity contribution in [2.75, 3.05) is 5.32 Å². The second-order valence-corrected chi connectivity index (χ2v) is 7.59. The van der Waals surface area contributed by atoms with Gasteiger partial charge >= 0.3 is 0 Å². The molecule has 0 unspecified atom stereocenters. The zero-order chi connectivity index (χ0) is 17.4. The van der Waals surface area contributed by atoms with E-state index in [1.165, 1.54) is 11.3 Å². The Morgan fingerprint density at radius 3 is 2.68 bits per heavy atom. The van der Waals surface area contributed by atoms with Crippen molar-refractivity contribution in [2.45, 2.75) is 6.92 Å². The molecule has 1 amide bonds. The highest BCUT2D eigenvalue weighted by Gasteiger charge is 2.11. The number of aromatic nitrogens is 4. The minimum absolute atomic E-state index is 0.124. The van der Waals surface area contributed by atoms with Crippen molar-refractivity contribution in [3.05, 3.63) is 63.5 Å². The summed E-state index contributed by atoms with van der Waals surface area (Å²) in [5, 5.41) is 16.3. The van der Waals surface area contributed by atoms with Crippen LogP contribution in [0.25, 0.3) is 15.5 Å². The van der Waals surface area contributed by atoms with Crippen LogP contribution in [0.15, 0.2) is 48.5 Å². The minimum atomic E-state index is -0.124. The molecule has 8 heteroatoms. The summed E-state index contributed by atoms with van der Waals surface area (Å²) in [7, 11) is 0. The molecule has 25 heavy (non-hydrogen) atoms. The Hall–Kier alpha value is -2.33. The van der Waals surface area contributed by atoms with Crippen molar-refractivity contribution < 1.29 is 4.79 Å². The van der Waals surface area contributed by atoms with Gasteiger partial charge in [-0.3, -0.25) is 4.79 Å². The molecular weight excluding hydrogens is 449 g/mol. The van der Waals surface area contributed by atoms with Gasteiger partial charge in [0.25, 0.3) is 5.91 Å². The van der Waals surface area contributed by atoms with Crippen LogP contribution in [0.1, 0.15) is 16.2 Å². The molecular formula is C17H12IN5OS. The summed E-state index contributed by atoms with van der Waals surface area (Å²) in [5.74, 6) is 0.638. The van der Waals surface area contributed by atoms with E-state index in [9.17, 15) is 4.79 Å². The summed E-state index contributed by atoms with van der Waals surface area (Å²) >= 11 is 3.67. The normalized spacial score (nSPS) is 11.0. The molecule has 0 radical (unpaired) electrons. The molecule has 2 heterocycles. The van der Waals surface area contributed by atoms with E-state index >= 15 is 0 Å². The van der Waals surface area contributed by atoms with E-state index in [4.69, 9.17) is 0 Å². The summed E-state index contributed by atoms with van der Waals surface area (Å²) in [6, 6.07) is 15.1. The topological polar surface area (TPSA) is 72.2 Å². The van der Waals surface area contributed by atoms with Gasteiger partial charge in [0.1, 0.15) is 5.01 Å². The molecule has 0 saturated carbocycles. The number of nitrogens with zero attached hydrogens (tertiary/aromatic N) is 4. The Morgan fingerprint density at radius 2 is 1.96 bits per heavy atom. The Labute approximate surface area is 161 Å². The molecule has 0 aliphatic carbocycles. The molecule has 0 aliphatic rings. The van der Waals surface area contributed by atoms with Crippen LogP contribution in [0, 0.1) is 10.5 Å². The largest absolute Gasteiger partial charge is 0.322 e. The average Bonchev–Trinajstić information content (AvgIpc) is 3.18. The number of carbonyl (C=O) groups excluding carboxylic acids is 1. The van der Waals surface area contributed by atoms with E-state index < -0.39 is 0 Å². The van der Waals surface area contributed by atoms with Crippen LogP contribution in [-0.2, 0) is 0 Å². The van der Waals surface area contributed by atoms with Gasteiger partial charge in [-0.1, -0.05) is 17.4 Å². The molecule has 1 N–H and O–H groups in total. The summed E-state index contributed by atoms with van der Waals surface area (Å²) in [4.78, 5) is 13.1. The van der Waals surface area contributed by atoms with E-state index in [0.717, 1.165) is 30.6 Å². The van der Waals surface area contributed by atoms with Crippen molar-refractivity contribution in [1.29, 1.82) is 0 Å². The van der Waals surface area contributed by atoms with Gasteiger partial charge in [0, 0.05) is 20.4 Å². The fraction of sp³-hybridized carbons (Fsp3) is 0.0588. The van der Waals surface area contributed by atoms with Crippen molar-refractivity contribution in [3.63, 3.8) is 0 Å². The number of hydrogen-bond acceptors (Lipinski definition) is 5. The number of amides is 1. The van der Waals surface area contributed by atoms with E-state index in [1.807, 2.05) is 49.4 Å². The standard InChI is InChI=1S/C17H12IN5OS/c1-10-20-21-17-23(10)22-16(25-17)11-5-7-14(8-6-11)19-15(24)12-3-2-4-13(18)9-12/h2-9H,1H3,(H,19,24). The summed E-state index contributed by atoms with van der Waals surface area (Å²) < 4.78 is 2.76. The third kappa shape index (κ3) is 3.27. The van der Waals surface area contributed by atoms with Crippen LogP contribution in [0.2, 0.25) is 0 Å². The SMILES string of the molecule is Cc1nnc2sc(-c3ccc(NC(=O)c4cccc(I)c4)cc3)nn12. The number of fused-ring (bicyclic) bond motifs is 1. The molecule has 0 bridgehead atoms. The first-order valence-corrected chi connectivity index (χ1v) is 9.36. The quantitative estimate of drug-likeness (QED) is 0.468. The molecule has 124 valence electrons. The number of halogens is 1. The molecule has 2 aromatic heterocycles. The predicted molar refractivity (Wildman–Crippen MR) is 106 cm³/mol. The minimum Gasteiger partial charge on any atom is -0.322 e. The Balaban J connectivity index is 1.54. The number of hydrogen-bond donors (Lipinski definition) is 1. The average molecular weight is 461 g/mol. The molecule has 0 aliphatic heterocycles. The molecule has 4 rings (SSSR count). The zero-order valence-electron chi connectivity index (χ0n) is 13.1. The molecule has 6 nitrogen and oxygen atoms in total. The van der Waals surface area contributed by atoms with E-state index in [1.54, 1.807) is 10.6 Å². The van der Waals surface area contributed by atoms with Crippen LogP contribution in [0.5, 0.6) is 0 Å². The van der Waals surface area contributed by atoms with Gasteiger partial charge in [-0.15, -0.1) is 10.2 Å².